The van der Waals surface area contributed by atoms with Crippen LogP contribution < -0.4 is 0 Å². The van der Waals surface area contributed by atoms with Crippen LogP contribution in [0.3, 0.4) is 0 Å². The Morgan fingerprint density at radius 3 is 2.36 bits per heavy atom. The lowest BCUT2D eigenvalue weighted by atomic mass is 10.1. The maximum absolute atomic E-state index is 13.1. The van der Waals surface area contributed by atoms with Crippen LogP contribution in [0.5, 0.6) is 0 Å². The van der Waals surface area contributed by atoms with E-state index in [2.05, 4.69) is 24.0 Å². The van der Waals surface area contributed by atoms with E-state index in [0.717, 1.165) is 22.6 Å². The molecule has 0 N–H and O–H groups in total. The van der Waals surface area contributed by atoms with Gasteiger partial charge in [-0.2, -0.15) is 5.10 Å². The van der Waals surface area contributed by atoms with Crippen LogP contribution in [0.1, 0.15) is 55.5 Å². The first-order valence-electron chi connectivity index (χ1n) is 9.57. The number of aromatic nitrogens is 2. The van der Waals surface area contributed by atoms with Crippen LogP contribution in [-0.2, 0) is 11.2 Å². The van der Waals surface area contributed by atoms with Gasteiger partial charge in [-0.25, -0.2) is 4.68 Å². The molecule has 2 fully saturated rings. The van der Waals surface area contributed by atoms with Gasteiger partial charge in [0.25, 0.3) is 0 Å². The molecule has 4 rings (SSSR count). The topological polar surface area (TPSA) is 38.1 Å². The molecule has 2 aromatic rings. The molecule has 2 aliphatic carbocycles. The summed E-state index contributed by atoms with van der Waals surface area (Å²) in [7, 11) is 0. The van der Waals surface area contributed by atoms with Crippen LogP contribution in [0.2, 0.25) is 0 Å². The van der Waals surface area contributed by atoms with Crippen molar-refractivity contribution in [1.82, 2.24) is 14.7 Å². The van der Waals surface area contributed by atoms with E-state index in [1.807, 2.05) is 29.8 Å². The van der Waals surface area contributed by atoms with Gasteiger partial charge in [-0.1, -0.05) is 31.0 Å². The molecule has 0 unspecified atom stereocenters. The van der Waals surface area contributed by atoms with Crippen molar-refractivity contribution in [2.75, 3.05) is 0 Å². The number of aryl methyl sites for hydroxylation is 1. The van der Waals surface area contributed by atoms with Crippen molar-refractivity contribution in [2.45, 2.75) is 70.9 Å². The Labute approximate surface area is 149 Å². The summed E-state index contributed by atoms with van der Waals surface area (Å²) in [6.45, 7) is 4.10. The van der Waals surface area contributed by atoms with E-state index in [9.17, 15) is 4.79 Å². The Bertz CT molecular complexity index is 755. The summed E-state index contributed by atoms with van der Waals surface area (Å²) in [5, 5.41) is 4.70. The van der Waals surface area contributed by atoms with Crippen molar-refractivity contribution in [3.63, 3.8) is 0 Å². The van der Waals surface area contributed by atoms with Gasteiger partial charge in [0.15, 0.2) is 0 Å². The quantitative estimate of drug-likeness (QED) is 0.828. The van der Waals surface area contributed by atoms with Crippen molar-refractivity contribution in [3.05, 3.63) is 47.3 Å². The van der Waals surface area contributed by atoms with Gasteiger partial charge < -0.3 is 4.90 Å². The minimum Gasteiger partial charge on any atom is -0.336 e. The molecule has 0 radical (unpaired) electrons. The van der Waals surface area contributed by atoms with Crippen LogP contribution in [-0.4, -0.2) is 32.7 Å². The van der Waals surface area contributed by atoms with Crippen molar-refractivity contribution in [2.24, 2.45) is 0 Å². The van der Waals surface area contributed by atoms with Gasteiger partial charge >= 0.3 is 0 Å². The molecular formula is C21H27N3O. The molecule has 4 heteroatoms. The van der Waals surface area contributed by atoms with Gasteiger partial charge in [0.05, 0.1) is 17.8 Å². The fraction of sp³-hybridized carbons (Fsp3) is 0.524. The van der Waals surface area contributed by atoms with Crippen LogP contribution in [0.25, 0.3) is 5.69 Å². The molecule has 4 nitrogen and oxygen atoms in total. The Kier molecular flexibility index (Phi) is 4.36. The molecule has 0 aliphatic heterocycles. The lowest BCUT2D eigenvalue weighted by Gasteiger charge is -2.29. The molecule has 132 valence electrons. The van der Waals surface area contributed by atoms with Gasteiger partial charge in [0, 0.05) is 23.3 Å². The molecule has 2 saturated carbocycles. The summed E-state index contributed by atoms with van der Waals surface area (Å²) in [4.78, 5) is 15.3. The zero-order valence-corrected chi connectivity index (χ0v) is 15.2. The Morgan fingerprint density at radius 2 is 1.72 bits per heavy atom. The van der Waals surface area contributed by atoms with E-state index in [4.69, 9.17) is 5.10 Å². The first-order chi connectivity index (χ1) is 12.1. The molecule has 0 bridgehead atoms. The maximum Gasteiger partial charge on any atom is 0.227 e. The van der Waals surface area contributed by atoms with Gasteiger partial charge in [-0.15, -0.1) is 0 Å². The highest BCUT2D eigenvalue weighted by Crippen LogP contribution is 2.35. The fourth-order valence-corrected chi connectivity index (χ4v) is 4.23. The summed E-state index contributed by atoms with van der Waals surface area (Å²) in [6.07, 6.45) is 7.76. The lowest BCUT2D eigenvalue weighted by molar-refractivity contribution is -0.133. The van der Waals surface area contributed by atoms with Gasteiger partial charge in [-0.3, -0.25) is 4.79 Å². The molecular weight excluding hydrogens is 310 g/mol. The highest BCUT2D eigenvalue weighted by Gasteiger charge is 2.38. The molecule has 0 atom stereocenters. The average molecular weight is 337 g/mol. The summed E-state index contributed by atoms with van der Waals surface area (Å²) < 4.78 is 1.97. The third-order valence-electron chi connectivity index (χ3n) is 5.72. The molecule has 1 amide bonds. The molecule has 1 aromatic heterocycles. The number of benzene rings is 1. The predicted octanol–water partition coefficient (Wildman–Crippen LogP) is 3.97. The maximum atomic E-state index is 13.1. The molecule has 1 aromatic carbocycles. The van der Waals surface area contributed by atoms with Crippen molar-refractivity contribution in [3.8, 4) is 5.69 Å². The number of amides is 1. The molecule has 25 heavy (non-hydrogen) atoms. The zero-order chi connectivity index (χ0) is 17.4. The lowest BCUT2D eigenvalue weighted by Crippen LogP contribution is -2.41. The van der Waals surface area contributed by atoms with Gasteiger partial charge in [0.1, 0.15) is 0 Å². The first-order valence-corrected chi connectivity index (χ1v) is 9.57. The van der Waals surface area contributed by atoms with Gasteiger partial charge in [0.2, 0.25) is 5.91 Å². The number of hydrogen-bond donors (Lipinski definition) is 0. The van der Waals surface area contributed by atoms with Crippen molar-refractivity contribution < 1.29 is 4.79 Å². The fourth-order valence-electron chi connectivity index (χ4n) is 4.23. The van der Waals surface area contributed by atoms with Gasteiger partial charge in [-0.05, 0) is 51.7 Å². The highest BCUT2D eigenvalue weighted by atomic mass is 16.2. The third-order valence-corrected chi connectivity index (χ3v) is 5.72. The Morgan fingerprint density at radius 1 is 1.08 bits per heavy atom. The normalized spacial score (nSPS) is 17.8. The minimum absolute atomic E-state index is 0.299. The first kappa shape index (κ1) is 16.4. The predicted molar refractivity (Wildman–Crippen MR) is 98.9 cm³/mol. The van der Waals surface area contributed by atoms with E-state index in [-0.39, 0.29) is 0 Å². The molecule has 2 aliphatic rings. The summed E-state index contributed by atoms with van der Waals surface area (Å²) in [6, 6.07) is 11.1. The van der Waals surface area contributed by atoms with Crippen LogP contribution in [0, 0.1) is 13.8 Å². The number of carbonyl (C=O) groups excluding carboxylic acids is 1. The monoisotopic (exact) mass is 337 g/mol. The SMILES string of the molecule is Cc1nn(-c2ccccc2)c(C)c1CC(=O)N(C1CCCC1)C1CC1. The molecule has 0 spiro atoms. The summed E-state index contributed by atoms with van der Waals surface area (Å²) >= 11 is 0. The number of nitrogens with zero attached hydrogens (tertiary/aromatic N) is 3. The number of hydrogen-bond acceptors (Lipinski definition) is 2. The van der Waals surface area contributed by atoms with Crippen LogP contribution in [0.4, 0.5) is 0 Å². The second-order valence-corrected chi connectivity index (χ2v) is 7.54. The highest BCUT2D eigenvalue weighted by molar-refractivity contribution is 5.80. The zero-order valence-electron chi connectivity index (χ0n) is 15.2. The van der Waals surface area contributed by atoms with Crippen molar-refractivity contribution >= 4 is 5.91 Å². The standard InChI is InChI=1S/C21H27N3O/c1-15-20(16(2)24(22-15)19-10-4-3-5-11-19)14-21(25)23(18-12-13-18)17-8-6-7-9-17/h3-5,10-11,17-18H,6-9,12-14H2,1-2H3. The largest absolute Gasteiger partial charge is 0.336 e. The van der Waals surface area contributed by atoms with E-state index in [0.29, 0.717) is 24.4 Å². The number of carbonyl (C=O) groups is 1. The van der Waals surface area contributed by atoms with Crippen LogP contribution in [0.15, 0.2) is 30.3 Å². The van der Waals surface area contributed by atoms with Crippen molar-refractivity contribution in [1.29, 1.82) is 0 Å². The Hall–Kier alpha value is -2.10. The summed E-state index contributed by atoms with van der Waals surface area (Å²) in [5.41, 5.74) is 4.20. The third kappa shape index (κ3) is 3.22. The second kappa shape index (κ2) is 6.66. The van der Waals surface area contributed by atoms with E-state index in [1.54, 1.807) is 0 Å². The average Bonchev–Trinajstić information content (AvgIpc) is 3.22. The molecule has 1 heterocycles. The number of para-hydroxylation sites is 1. The molecule has 0 saturated heterocycles. The van der Waals surface area contributed by atoms with E-state index in [1.165, 1.54) is 38.5 Å². The Balaban J connectivity index is 1.58. The minimum atomic E-state index is 0.299. The number of rotatable bonds is 5. The van der Waals surface area contributed by atoms with E-state index >= 15 is 0 Å². The summed E-state index contributed by atoms with van der Waals surface area (Å²) in [5.74, 6) is 0.299. The van der Waals surface area contributed by atoms with Crippen LogP contribution >= 0.6 is 0 Å². The smallest absolute Gasteiger partial charge is 0.227 e. The van der Waals surface area contributed by atoms with E-state index < -0.39 is 0 Å². The second-order valence-electron chi connectivity index (χ2n) is 7.54.